The van der Waals surface area contributed by atoms with Gasteiger partial charge in [0.05, 0.1) is 26.4 Å². The van der Waals surface area contributed by atoms with E-state index in [2.05, 4.69) is 55.4 Å². The van der Waals surface area contributed by atoms with Crippen molar-refractivity contribution >= 4 is 39.5 Å². The molecule has 0 aliphatic rings. The predicted octanol–water partition coefficient (Wildman–Crippen LogP) is 21.7. The molecule has 3 unspecified atom stereocenters. The Morgan fingerprint density at radius 2 is 0.511 bits per heavy atom. The molecule has 3 N–H and O–H groups in total. The molecule has 0 saturated heterocycles. The summed E-state index contributed by atoms with van der Waals surface area (Å²) >= 11 is 0. The number of hydrogen-bond donors (Lipinski definition) is 3. The molecule has 17 nitrogen and oxygen atoms in total. The van der Waals surface area contributed by atoms with Crippen LogP contribution in [0.4, 0.5) is 0 Å². The summed E-state index contributed by atoms with van der Waals surface area (Å²) in [6.45, 7) is 14.2. The summed E-state index contributed by atoms with van der Waals surface area (Å²) in [5.74, 6) is 0.920. The lowest BCUT2D eigenvalue weighted by Crippen LogP contribution is -2.30. The van der Waals surface area contributed by atoms with Gasteiger partial charge in [-0.05, 0) is 49.4 Å². The van der Waals surface area contributed by atoms with E-state index in [1.807, 2.05) is 0 Å². The molecule has 0 aromatic carbocycles. The number of rotatable bonds is 72. The second-order valence-corrected chi connectivity index (χ2v) is 31.6. The van der Waals surface area contributed by atoms with Crippen LogP contribution in [0.1, 0.15) is 376 Å². The summed E-state index contributed by atoms with van der Waals surface area (Å²) < 4.78 is 68.5. The maximum absolute atomic E-state index is 13.1. The van der Waals surface area contributed by atoms with E-state index in [1.165, 1.54) is 173 Å². The van der Waals surface area contributed by atoms with Gasteiger partial charge in [-0.1, -0.05) is 325 Å². The summed E-state index contributed by atoms with van der Waals surface area (Å²) in [5, 5.41) is 10.6. The number of esters is 4. The van der Waals surface area contributed by atoms with Gasteiger partial charge in [-0.25, -0.2) is 9.13 Å². The topological polar surface area (TPSA) is 237 Å². The molecule has 0 aliphatic heterocycles. The largest absolute Gasteiger partial charge is 0.472 e. The van der Waals surface area contributed by atoms with Crippen molar-refractivity contribution in [1.29, 1.82) is 0 Å². The summed E-state index contributed by atoms with van der Waals surface area (Å²) in [5.41, 5.74) is 0. The minimum atomic E-state index is -4.96. The standard InChI is InChI=1S/C75H146O17P2/c1-9-68(8)54-46-38-29-23-18-20-24-30-39-47-55-72(77)85-61-70(91-74(79)57-49-41-31-25-16-14-12-10-11-13-15-21-27-35-43-51-65(2)3)63-89-93(81,82)87-59-69(76)60-88-94(83,84)90-64-71(62-86-73(78)56-48-40-34-33-37-45-53-67(6)7)92-75(80)58-50-42-32-26-19-17-22-28-36-44-52-66(4)5/h65-71,76H,9-64H2,1-8H3,(H,81,82)(H,83,84)/t68?,69-,70-,71-/m1/s1. The number of ether oxygens (including phenoxy) is 4. The van der Waals surface area contributed by atoms with Crippen LogP contribution in [-0.2, 0) is 65.4 Å². The Kier molecular flexibility index (Phi) is 63.1. The monoisotopic (exact) mass is 1380 g/mol. The van der Waals surface area contributed by atoms with E-state index in [1.54, 1.807) is 0 Å². The van der Waals surface area contributed by atoms with Gasteiger partial charge in [0.25, 0.3) is 0 Å². The second kappa shape index (κ2) is 64.4. The highest BCUT2D eigenvalue weighted by Gasteiger charge is 2.30. The highest BCUT2D eigenvalue weighted by molar-refractivity contribution is 7.47. The first-order valence-corrected chi connectivity index (χ1v) is 41.7. The van der Waals surface area contributed by atoms with E-state index >= 15 is 0 Å². The number of phosphoric ester groups is 2. The lowest BCUT2D eigenvalue weighted by Gasteiger charge is -2.21. The quantitative estimate of drug-likeness (QED) is 0.0222. The first-order valence-electron chi connectivity index (χ1n) is 38.7. The molecule has 0 rings (SSSR count). The number of unbranched alkanes of at least 4 members (excludes halogenated alkanes) is 37. The fourth-order valence-corrected chi connectivity index (χ4v) is 12.9. The molecule has 0 fully saturated rings. The van der Waals surface area contributed by atoms with E-state index in [-0.39, 0.29) is 25.7 Å². The van der Waals surface area contributed by atoms with Crippen molar-refractivity contribution in [2.75, 3.05) is 39.6 Å². The van der Waals surface area contributed by atoms with Crippen molar-refractivity contribution in [3.8, 4) is 0 Å². The lowest BCUT2D eigenvalue weighted by atomic mass is 9.99. The number of phosphoric acid groups is 2. The predicted molar refractivity (Wildman–Crippen MR) is 381 cm³/mol. The van der Waals surface area contributed by atoms with Gasteiger partial charge in [-0.3, -0.25) is 37.3 Å². The third-order valence-corrected chi connectivity index (χ3v) is 19.6. The Morgan fingerprint density at radius 1 is 0.298 bits per heavy atom. The molecule has 19 heteroatoms. The molecule has 0 saturated carbocycles. The van der Waals surface area contributed by atoms with Crippen molar-refractivity contribution in [1.82, 2.24) is 0 Å². The van der Waals surface area contributed by atoms with Crippen LogP contribution in [0.2, 0.25) is 0 Å². The molecule has 0 aliphatic carbocycles. The molecular weight excluding hydrogens is 1230 g/mol. The highest BCUT2D eigenvalue weighted by Crippen LogP contribution is 2.45. The van der Waals surface area contributed by atoms with Crippen molar-refractivity contribution in [2.24, 2.45) is 23.7 Å². The third kappa shape index (κ3) is 67.3. The van der Waals surface area contributed by atoms with Gasteiger partial charge in [0.1, 0.15) is 19.3 Å². The minimum Gasteiger partial charge on any atom is -0.462 e. The number of carbonyl (C=O) groups is 4. The lowest BCUT2D eigenvalue weighted by molar-refractivity contribution is -0.161. The molecule has 0 bridgehead atoms. The fraction of sp³-hybridized carbons (Fsp3) is 0.947. The van der Waals surface area contributed by atoms with E-state index in [9.17, 15) is 43.2 Å². The molecule has 0 spiro atoms. The average Bonchev–Trinajstić information content (AvgIpc) is 1.32. The zero-order valence-corrected chi connectivity index (χ0v) is 63.4. The molecule has 0 amide bonds. The molecule has 0 aromatic heterocycles. The number of aliphatic hydroxyl groups is 1. The summed E-state index contributed by atoms with van der Waals surface area (Å²) in [6.07, 6.45) is 48.6. The zero-order chi connectivity index (χ0) is 69.6. The molecule has 0 aromatic rings. The third-order valence-electron chi connectivity index (χ3n) is 17.7. The van der Waals surface area contributed by atoms with Crippen LogP contribution >= 0.6 is 15.6 Å². The van der Waals surface area contributed by atoms with Crippen LogP contribution in [0.15, 0.2) is 0 Å². The van der Waals surface area contributed by atoms with Crippen LogP contribution in [0, 0.1) is 23.7 Å². The SMILES string of the molecule is CCC(C)CCCCCCCCCCCCC(=O)OC[C@H](COP(=O)(O)OC[C@@H](O)COP(=O)(O)OC[C@@H](COC(=O)CCCCCCCCC(C)C)OC(=O)CCCCCCCCCCCCC(C)C)OC(=O)CCCCCCCCCCCCCCCCCC(C)C. The van der Waals surface area contributed by atoms with E-state index in [0.29, 0.717) is 31.6 Å². The number of hydrogen-bond acceptors (Lipinski definition) is 15. The van der Waals surface area contributed by atoms with E-state index in [0.717, 1.165) is 114 Å². The molecule has 6 atom stereocenters. The van der Waals surface area contributed by atoms with Crippen molar-refractivity contribution in [2.45, 2.75) is 395 Å². The van der Waals surface area contributed by atoms with Gasteiger partial charge >= 0.3 is 39.5 Å². The Balaban J connectivity index is 5.24. The maximum Gasteiger partial charge on any atom is 0.472 e. The molecule has 0 radical (unpaired) electrons. The molecular formula is C75H146O17P2. The Hall–Kier alpha value is -1.94. The molecule has 94 heavy (non-hydrogen) atoms. The second-order valence-electron chi connectivity index (χ2n) is 28.7. The maximum atomic E-state index is 13.1. The normalized spacial score (nSPS) is 14.4. The van der Waals surface area contributed by atoms with E-state index < -0.39 is 97.5 Å². The summed E-state index contributed by atoms with van der Waals surface area (Å²) in [4.78, 5) is 72.7. The Labute approximate surface area is 575 Å². The first kappa shape index (κ1) is 92.1. The van der Waals surface area contributed by atoms with Crippen LogP contribution < -0.4 is 0 Å². The van der Waals surface area contributed by atoms with Gasteiger partial charge in [-0.15, -0.1) is 0 Å². The van der Waals surface area contributed by atoms with Gasteiger partial charge in [0.2, 0.25) is 0 Å². The van der Waals surface area contributed by atoms with Gasteiger partial charge in [0, 0.05) is 25.7 Å². The summed E-state index contributed by atoms with van der Waals surface area (Å²) in [6, 6.07) is 0. The van der Waals surface area contributed by atoms with Crippen molar-refractivity contribution in [3.05, 3.63) is 0 Å². The molecule has 0 heterocycles. The van der Waals surface area contributed by atoms with Crippen LogP contribution in [0.3, 0.4) is 0 Å². The van der Waals surface area contributed by atoms with Crippen LogP contribution in [0.25, 0.3) is 0 Å². The van der Waals surface area contributed by atoms with Crippen molar-refractivity contribution < 1.29 is 80.2 Å². The first-order chi connectivity index (χ1) is 45.1. The Bertz CT molecular complexity index is 1850. The van der Waals surface area contributed by atoms with Crippen LogP contribution in [0.5, 0.6) is 0 Å². The van der Waals surface area contributed by atoms with E-state index in [4.69, 9.17) is 37.0 Å². The molecule has 558 valence electrons. The van der Waals surface area contributed by atoms with Gasteiger partial charge in [0.15, 0.2) is 12.2 Å². The Morgan fingerprint density at radius 3 is 0.755 bits per heavy atom. The summed E-state index contributed by atoms with van der Waals surface area (Å²) in [7, 11) is -9.91. The highest BCUT2D eigenvalue weighted by atomic mass is 31.2. The zero-order valence-electron chi connectivity index (χ0n) is 61.6. The smallest absolute Gasteiger partial charge is 0.462 e. The average molecular weight is 1380 g/mol. The van der Waals surface area contributed by atoms with Crippen LogP contribution in [-0.4, -0.2) is 96.7 Å². The van der Waals surface area contributed by atoms with Crippen molar-refractivity contribution in [3.63, 3.8) is 0 Å². The number of carbonyl (C=O) groups excluding carboxylic acids is 4. The minimum absolute atomic E-state index is 0.104. The number of aliphatic hydroxyl groups excluding tert-OH is 1. The van der Waals surface area contributed by atoms with Gasteiger partial charge < -0.3 is 33.8 Å². The van der Waals surface area contributed by atoms with Gasteiger partial charge in [-0.2, -0.15) is 0 Å². The fourth-order valence-electron chi connectivity index (χ4n) is 11.3.